The second-order valence-electron chi connectivity index (χ2n) is 7.04. The van der Waals surface area contributed by atoms with Crippen LogP contribution in [0, 0.1) is 0 Å². The van der Waals surface area contributed by atoms with Gasteiger partial charge in [0, 0.05) is 43.8 Å². The lowest BCUT2D eigenvalue weighted by Gasteiger charge is -2.26. The number of pyridine rings is 1. The van der Waals surface area contributed by atoms with Gasteiger partial charge in [-0.25, -0.2) is 4.98 Å². The fraction of sp³-hybridized carbons (Fsp3) is 0.381. The Bertz CT molecular complexity index is 962. The second-order valence-corrected chi connectivity index (χ2v) is 7.04. The number of benzene rings is 1. The lowest BCUT2D eigenvalue weighted by molar-refractivity contribution is 0.0374. The molecule has 3 heterocycles. The van der Waals surface area contributed by atoms with Crippen molar-refractivity contribution in [3.05, 3.63) is 48.3 Å². The highest BCUT2D eigenvalue weighted by atomic mass is 16.5. The van der Waals surface area contributed by atoms with Crippen molar-refractivity contribution >= 4 is 16.8 Å². The van der Waals surface area contributed by atoms with Crippen LogP contribution in [0.1, 0.15) is 16.8 Å². The van der Waals surface area contributed by atoms with Gasteiger partial charge in [0.25, 0.3) is 5.91 Å². The Morgan fingerprint density at radius 1 is 1.25 bits per heavy atom. The van der Waals surface area contributed by atoms with E-state index in [1.807, 2.05) is 43.6 Å². The molecule has 0 aliphatic carbocycles. The van der Waals surface area contributed by atoms with Crippen LogP contribution in [0.3, 0.4) is 0 Å². The molecule has 0 atom stereocenters. The highest BCUT2D eigenvalue weighted by molar-refractivity contribution is 6.07. The normalized spacial score (nSPS) is 15.0. The van der Waals surface area contributed by atoms with Gasteiger partial charge in [-0.15, -0.1) is 0 Å². The first kappa shape index (κ1) is 18.6. The summed E-state index contributed by atoms with van der Waals surface area (Å²) >= 11 is 0. The van der Waals surface area contributed by atoms with Crippen molar-refractivity contribution in [1.82, 2.24) is 25.0 Å². The van der Waals surface area contributed by atoms with Gasteiger partial charge in [-0.2, -0.15) is 5.10 Å². The first-order chi connectivity index (χ1) is 13.7. The minimum Gasteiger partial charge on any atom is -0.379 e. The lowest BCUT2D eigenvalue weighted by atomic mass is 10.0. The van der Waals surface area contributed by atoms with Gasteiger partial charge in [-0.1, -0.05) is 18.2 Å². The molecule has 3 aromatic rings. The maximum Gasteiger partial charge on any atom is 0.252 e. The van der Waals surface area contributed by atoms with Crippen LogP contribution >= 0.6 is 0 Å². The van der Waals surface area contributed by atoms with Crippen LogP contribution in [-0.4, -0.2) is 65.0 Å². The average molecular weight is 379 g/mol. The Hall–Kier alpha value is -2.77. The van der Waals surface area contributed by atoms with E-state index in [4.69, 9.17) is 9.72 Å². The molecular weight excluding hydrogens is 354 g/mol. The van der Waals surface area contributed by atoms with E-state index in [2.05, 4.69) is 15.3 Å². The number of carbonyl (C=O) groups is 1. The number of aromatic nitrogens is 3. The van der Waals surface area contributed by atoms with Crippen LogP contribution in [0.25, 0.3) is 22.2 Å². The molecule has 1 N–H and O–H groups in total. The molecule has 1 saturated heterocycles. The molecule has 1 aliphatic rings. The molecule has 0 unspecified atom stereocenters. The van der Waals surface area contributed by atoms with Crippen LogP contribution in [0.2, 0.25) is 0 Å². The van der Waals surface area contributed by atoms with Crippen LogP contribution in [0.15, 0.2) is 42.7 Å². The summed E-state index contributed by atoms with van der Waals surface area (Å²) in [4.78, 5) is 20.0. The molecule has 0 saturated carbocycles. The van der Waals surface area contributed by atoms with Gasteiger partial charge in [0.15, 0.2) is 0 Å². The average Bonchev–Trinajstić information content (AvgIpc) is 3.17. The molecule has 1 aromatic carbocycles. The van der Waals surface area contributed by atoms with E-state index in [0.717, 1.165) is 61.4 Å². The van der Waals surface area contributed by atoms with Crippen LogP contribution in [-0.2, 0) is 11.8 Å². The van der Waals surface area contributed by atoms with Crippen molar-refractivity contribution < 1.29 is 9.53 Å². The predicted molar refractivity (Wildman–Crippen MR) is 108 cm³/mol. The van der Waals surface area contributed by atoms with Gasteiger partial charge in [0.1, 0.15) is 0 Å². The van der Waals surface area contributed by atoms with Crippen LogP contribution in [0.5, 0.6) is 0 Å². The van der Waals surface area contributed by atoms with Crippen molar-refractivity contribution in [2.75, 3.05) is 39.4 Å². The molecule has 1 fully saturated rings. The molecule has 2 aromatic heterocycles. The minimum absolute atomic E-state index is 0.0642. The number of hydrogen-bond acceptors (Lipinski definition) is 5. The van der Waals surface area contributed by atoms with Gasteiger partial charge in [-0.3, -0.25) is 14.4 Å². The Labute approximate surface area is 164 Å². The van der Waals surface area contributed by atoms with Gasteiger partial charge in [0.05, 0.1) is 36.2 Å². The quantitative estimate of drug-likeness (QED) is 0.664. The molecule has 0 bridgehead atoms. The zero-order valence-electron chi connectivity index (χ0n) is 16.1. The van der Waals surface area contributed by atoms with Crippen molar-refractivity contribution in [3.8, 4) is 11.3 Å². The highest BCUT2D eigenvalue weighted by Crippen LogP contribution is 2.24. The van der Waals surface area contributed by atoms with Crippen LogP contribution < -0.4 is 5.32 Å². The SMILES string of the molecule is Cn1cc(-c2cc(C(=O)NCCCN3CCOCC3)c3ccccc3n2)cn1. The molecule has 1 aliphatic heterocycles. The number of morpholine rings is 1. The van der Waals surface area contributed by atoms with E-state index in [1.54, 1.807) is 10.9 Å². The van der Waals surface area contributed by atoms with E-state index >= 15 is 0 Å². The molecular formula is C21H25N5O2. The first-order valence-electron chi connectivity index (χ1n) is 9.68. The summed E-state index contributed by atoms with van der Waals surface area (Å²) in [5.74, 6) is -0.0642. The Balaban J connectivity index is 1.49. The molecule has 4 rings (SSSR count). The summed E-state index contributed by atoms with van der Waals surface area (Å²) in [5.41, 5.74) is 3.11. The molecule has 7 heteroatoms. The number of nitrogens with zero attached hydrogens (tertiary/aromatic N) is 4. The predicted octanol–water partition coefficient (Wildman–Crippen LogP) is 2.09. The first-order valence-corrected chi connectivity index (χ1v) is 9.68. The van der Waals surface area contributed by atoms with E-state index in [-0.39, 0.29) is 5.91 Å². The third-order valence-corrected chi connectivity index (χ3v) is 5.00. The fourth-order valence-corrected chi connectivity index (χ4v) is 3.49. The molecule has 146 valence electrons. The monoisotopic (exact) mass is 379 g/mol. The van der Waals surface area contributed by atoms with E-state index < -0.39 is 0 Å². The number of para-hydroxylation sites is 1. The molecule has 0 radical (unpaired) electrons. The highest BCUT2D eigenvalue weighted by Gasteiger charge is 2.15. The number of amides is 1. The van der Waals surface area contributed by atoms with Crippen LogP contribution in [0.4, 0.5) is 0 Å². The van der Waals surface area contributed by atoms with E-state index in [0.29, 0.717) is 12.1 Å². The minimum atomic E-state index is -0.0642. The fourth-order valence-electron chi connectivity index (χ4n) is 3.49. The lowest BCUT2D eigenvalue weighted by Crippen LogP contribution is -2.38. The number of hydrogen-bond donors (Lipinski definition) is 1. The summed E-state index contributed by atoms with van der Waals surface area (Å²) in [6.07, 6.45) is 4.59. The number of nitrogens with one attached hydrogen (secondary N) is 1. The summed E-state index contributed by atoms with van der Waals surface area (Å²) in [5, 5.41) is 8.15. The third kappa shape index (κ3) is 4.21. The zero-order chi connectivity index (χ0) is 19.3. The maximum absolute atomic E-state index is 12.9. The van der Waals surface area contributed by atoms with Crippen molar-refractivity contribution in [3.63, 3.8) is 0 Å². The van der Waals surface area contributed by atoms with Gasteiger partial charge >= 0.3 is 0 Å². The number of rotatable bonds is 6. The Kier molecular flexibility index (Phi) is 5.64. The summed E-state index contributed by atoms with van der Waals surface area (Å²) < 4.78 is 7.10. The Morgan fingerprint density at radius 3 is 2.86 bits per heavy atom. The van der Waals surface area contributed by atoms with Crippen molar-refractivity contribution in [1.29, 1.82) is 0 Å². The second kappa shape index (κ2) is 8.50. The standard InChI is InChI=1S/C21H25N5O2/c1-25-15-16(14-23-25)20-13-18(17-5-2-3-6-19(17)24-20)21(27)22-7-4-8-26-9-11-28-12-10-26/h2-3,5-6,13-15H,4,7-12H2,1H3,(H,22,27). The van der Waals surface area contributed by atoms with Gasteiger partial charge in [0.2, 0.25) is 0 Å². The van der Waals surface area contributed by atoms with Crippen molar-refractivity contribution in [2.45, 2.75) is 6.42 Å². The largest absolute Gasteiger partial charge is 0.379 e. The Morgan fingerprint density at radius 2 is 2.07 bits per heavy atom. The zero-order valence-corrected chi connectivity index (χ0v) is 16.1. The molecule has 0 spiro atoms. The number of aryl methyl sites for hydroxylation is 1. The summed E-state index contributed by atoms with van der Waals surface area (Å²) in [6, 6.07) is 9.61. The summed E-state index contributed by atoms with van der Waals surface area (Å²) in [7, 11) is 1.87. The summed E-state index contributed by atoms with van der Waals surface area (Å²) in [6.45, 7) is 5.16. The van der Waals surface area contributed by atoms with E-state index in [1.165, 1.54) is 0 Å². The topological polar surface area (TPSA) is 72.3 Å². The van der Waals surface area contributed by atoms with Gasteiger partial charge in [-0.05, 0) is 25.1 Å². The number of carbonyl (C=O) groups excluding carboxylic acids is 1. The molecule has 7 nitrogen and oxygen atoms in total. The smallest absolute Gasteiger partial charge is 0.252 e. The third-order valence-electron chi connectivity index (χ3n) is 5.00. The van der Waals surface area contributed by atoms with Gasteiger partial charge < -0.3 is 10.1 Å². The van der Waals surface area contributed by atoms with Crippen molar-refractivity contribution in [2.24, 2.45) is 7.05 Å². The maximum atomic E-state index is 12.9. The molecule has 1 amide bonds. The van der Waals surface area contributed by atoms with E-state index in [9.17, 15) is 4.79 Å². The number of fused-ring (bicyclic) bond motifs is 1. The molecule has 28 heavy (non-hydrogen) atoms. The number of ether oxygens (including phenoxy) is 1.